The second kappa shape index (κ2) is 6.48. The summed E-state index contributed by atoms with van der Waals surface area (Å²) in [6, 6.07) is 8.05. The maximum atomic E-state index is 6.18. The van der Waals surface area contributed by atoms with E-state index in [4.69, 9.17) is 21.1 Å². The van der Waals surface area contributed by atoms with Crippen LogP contribution < -0.4 is 14.8 Å². The zero-order chi connectivity index (χ0) is 14.7. The molecule has 1 atom stereocenters. The van der Waals surface area contributed by atoms with Gasteiger partial charge in [0.2, 0.25) is 0 Å². The summed E-state index contributed by atoms with van der Waals surface area (Å²) in [5, 5.41) is 3.32. The highest BCUT2D eigenvalue weighted by atomic mass is 35.5. The van der Waals surface area contributed by atoms with Gasteiger partial charge in [-0.2, -0.15) is 0 Å². The first kappa shape index (κ1) is 15.2. The summed E-state index contributed by atoms with van der Waals surface area (Å²) in [5.74, 6) is 1.55. The van der Waals surface area contributed by atoms with Crippen molar-refractivity contribution in [1.29, 1.82) is 0 Å². The predicted molar refractivity (Wildman–Crippen MR) is 84.5 cm³/mol. The number of thiophene rings is 1. The Morgan fingerprint density at radius 3 is 2.10 bits per heavy atom. The van der Waals surface area contributed by atoms with E-state index in [1.54, 1.807) is 25.6 Å². The van der Waals surface area contributed by atoms with Crippen molar-refractivity contribution in [3.63, 3.8) is 0 Å². The summed E-state index contributed by atoms with van der Waals surface area (Å²) >= 11 is 7.77. The average molecular weight is 312 g/mol. The summed E-state index contributed by atoms with van der Waals surface area (Å²) in [7, 11) is 5.23. The van der Waals surface area contributed by atoms with Gasteiger partial charge in [0.15, 0.2) is 0 Å². The van der Waals surface area contributed by atoms with Gasteiger partial charge in [0.1, 0.15) is 11.5 Å². The number of hydrogen-bond acceptors (Lipinski definition) is 4. The van der Waals surface area contributed by atoms with Crippen molar-refractivity contribution in [2.24, 2.45) is 0 Å². The van der Waals surface area contributed by atoms with Crippen molar-refractivity contribution in [2.45, 2.75) is 13.0 Å². The molecule has 1 N–H and O–H groups in total. The van der Waals surface area contributed by atoms with E-state index in [0.717, 1.165) is 27.0 Å². The number of benzene rings is 1. The minimum Gasteiger partial charge on any atom is -0.497 e. The Labute approximate surface area is 128 Å². The molecule has 2 aromatic rings. The van der Waals surface area contributed by atoms with Crippen LogP contribution in [0.25, 0.3) is 0 Å². The molecule has 2 rings (SSSR count). The van der Waals surface area contributed by atoms with Gasteiger partial charge < -0.3 is 14.8 Å². The number of rotatable bonds is 5. The molecule has 0 amide bonds. The molecule has 0 bridgehead atoms. The predicted octanol–water partition coefficient (Wildman–Crippen LogP) is 4.04. The maximum absolute atomic E-state index is 6.18. The van der Waals surface area contributed by atoms with Crippen LogP contribution in [0.2, 0.25) is 4.34 Å². The van der Waals surface area contributed by atoms with Crippen LogP contribution in [-0.2, 0) is 0 Å². The Morgan fingerprint density at radius 2 is 1.70 bits per heavy atom. The van der Waals surface area contributed by atoms with E-state index in [9.17, 15) is 0 Å². The van der Waals surface area contributed by atoms with Crippen molar-refractivity contribution in [3.8, 4) is 11.5 Å². The fraction of sp³-hybridized carbons (Fsp3) is 0.333. The highest BCUT2D eigenvalue weighted by Gasteiger charge is 2.17. The Bertz CT molecular complexity index is 556. The maximum Gasteiger partial charge on any atom is 0.122 e. The third-order valence-electron chi connectivity index (χ3n) is 3.16. The van der Waals surface area contributed by atoms with E-state index in [2.05, 4.69) is 11.4 Å². The van der Waals surface area contributed by atoms with Gasteiger partial charge in [0.25, 0.3) is 0 Å². The van der Waals surface area contributed by atoms with Crippen LogP contribution in [0, 0.1) is 6.92 Å². The summed E-state index contributed by atoms with van der Waals surface area (Å²) < 4.78 is 11.5. The first-order valence-electron chi connectivity index (χ1n) is 6.25. The zero-order valence-electron chi connectivity index (χ0n) is 12.0. The Hall–Kier alpha value is -1.23. The summed E-state index contributed by atoms with van der Waals surface area (Å²) in [6.45, 7) is 2.02. The number of halogens is 1. The zero-order valence-corrected chi connectivity index (χ0v) is 13.6. The molecule has 1 unspecified atom stereocenters. The Kier molecular flexibility index (Phi) is 4.91. The van der Waals surface area contributed by atoms with Crippen LogP contribution in [0.4, 0.5) is 0 Å². The van der Waals surface area contributed by atoms with Crippen LogP contribution in [-0.4, -0.2) is 21.3 Å². The van der Waals surface area contributed by atoms with E-state index in [0.29, 0.717) is 0 Å². The second-order valence-corrected chi connectivity index (χ2v) is 6.16. The molecule has 0 aliphatic rings. The fourth-order valence-electron chi connectivity index (χ4n) is 2.10. The molecule has 1 heterocycles. The number of ether oxygens (including phenoxy) is 2. The lowest BCUT2D eigenvalue weighted by molar-refractivity contribution is 0.392. The van der Waals surface area contributed by atoms with Gasteiger partial charge in [-0.25, -0.2) is 0 Å². The molecule has 0 spiro atoms. The number of hydrogen-bond donors (Lipinski definition) is 1. The molecule has 1 aromatic carbocycles. The average Bonchev–Trinajstić information content (AvgIpc) is 2.78. The molecule has 0 saturated heterocycles. The van der Waals surface area contributed by atoms with E-state index >= 15 is 0 Å². The monoisotopic (exact) mass is 311 g/mol. The lowest BCUT2D eigenvalue weighted by Crippen LogP contribution is -2.16. The lowest BCUT2D eigenvalue weighted by Gasteiger charge is -2.17. The van der Waals surface area contributed by atoms with Crippen molar-refractivity contribution in [3.05, 3.63) is 44.6 Å². The normalized spacial score (nSPS) is 12.2. The van der Waals surface area contributed by atoms with Crippen LogP contribution in [0.1, 0.15) is 22.0 Å². The van der Waals surface area contributed by atoms with Gasteiger partial charge >= 0.3 is 0 Å². The first-order chi connectivity index (χ1) is 9.58. The largest absolute Gasteiger partial charge is 0.497 e. The fourth-order valence-corrected chi connectivity index (χ4v) is 3.45. The van der Waals surface area contributed by atoms with Crippen molar-refractivity contribution < 1.29 is 9.47 Å². The van der Waals surface area contributed by atoms with E-state index in [1.807, 2.05) is 32.2 Å². The SMILES string of the molecule is CNC(c1cc(OC)cc(OC)c1)c1cc(C)c(Cl)s1. The van der Waals surface area contributed by atoms with Crippen LogP contribution in [0.5, 0.6) is 11.5 Å². The molecule has 5 heteroatoms. The van der Waals surface area contributed by atoms with Gasteiger partial charge in [-0.15, -0.1) is 11.3 Å². The number of nitrogens with one attached hydrogen (secondary N) is 1. The van der Waals surface area contributed by atoms with Gasteiger partial charge in [-0.3, -0.25) is 0 Å². The molecule has 0 saturated carbocycles. The smallest absolute Gasteiger partial charge is 0.122 e. The highest BCUT2D eigenvalue weighted by Crippen LogP contribution is 2.36. The number of aryl methyl sites for hydroxylation is 1. The van der Waals surface area contributed by atoms with Crippen molar-refractivity contribution >= 4 is 22.9 Å². The van der Waals surface area contributed by atoms with E-state index < -0.39 is 0 Å². The molecule has 3 nitrogen and oxygen atoms in total. The summed E-state index contributed by atoms with van der Waals surface area (Å²) in [5.41, 5.74) is 2.18. The third kappa shape index (κ3) is 3.08. The van der Waals surface area contributed by atoms with Gasteiger partial charge in [0.05, 0.1) is 24.6 Å². The number of methoxy groups -OCH3 is 2. The van der Waals surface area contributed by atoms with Crippen LogP contribution in [0.3, 0.4) is 0 Å². The summed E-state index contributed by atoms with van der Waals surface area (Å²) in [4.78, 5) is 1.17. The van der Waals surface area contributed by atoms with Crippen LogP contribution >= 0.6 is 22.9 Å². The Morgan fingerprint density at radius 1 is 1.10 bits per heavy atom. The molecule has 1 aromatic heterocycles. The first-order valence-corrected chi connectivity index (χ1v) is 7.44. The van der Waals surface area contributed by atoms with Crippen molar-refractivity contribution in [2.75, 3.05) is 21.3 Å². The van der Waals surface area contributed by atoms with Crippen molar-refractivity contribution in [1.82, 2.24) is 5.32 Å². The van der Waals surface area contributed by atoms with Gasteiger partial charge in [0, 0.05) is 10.9 Å². The van der Waals surface area contributed by atoms with E-state index in [1.165, 1.54) is 4.88 Å². The minimum atomic E-state index is 0.0650. The van der Waals surface area contributed by atoms with Gasteiger partial charge in [-0.1, -0.05) is 11.6 Å². The Balaban J connectivity index is 2.45. The highest BCUT2D eigenvalue weighted by molar-refractivity contribution is 7.16. The molecular formula is C15H18ClNO2S. The molecule has 108 valence electrons. The molecule has 20 heavy (non-hydrogen) atoms. The standard InChI is InChI=1S/C15H18ClNO2S/c1-9-5-13(20-15(9)16)14(17-2)10-6-11(18-3)8-12(7-10)19-4/h5-8,14,17H,1-4H3. The summed E-state index contributed by atoms with van der Waals surface area (Å²) in [6.07, 6.45) is 0. The molecule has 0 aliphatic carbocycles. The minimum absolute atomic E-state index is 0.0650. The molecular weight excluding hydrogens is 294 g/mol. The quantitative estimate of drug-likeness (QED) is 0.904. The lowest BCUT2D eigenvalue weighted by atomic mass is 10.0. The second-order valence-electron chi connectivity index (χ2n) is 4.47. The van der Waals surface area contributed by atoms with Crippen LogP contribution in [0.15, 0.2) is 24.3 Å². The molecule has 0 aliphatic heterocycles. The van der Waals surface area contributed by atoms with Gasteiger partial charge in [-0.05, 0) is 43.3 Å². The molecule has 0 radical (unpaired) electrons. The topological polar surface area (TPSA) is 30.5 Å². The molecule has 0 fully saturated rings. The van der Waals surface area contributed by atoms with E-state index in [-0.39, 0.29) is 6.04 Å². The third-order valence-corrected chi connectivity index (χ3v) is 4.78.